The van der Waals surface area contributed by atoms with Crippen LogP contribution in [0.25, 0.3) is 0 Å². The van der Waals surface area contributed by atoms with E-state index in [0.29, 0.717) is 0 Å². The number of nitrogens with zero attached hydrogens (tertiary/aromatic N) is 2. The number of hydrogen-bond donors (Lipinski definition) is 0. The van der Waals surface area contributed by atoms with Crippen molar-refractivity contribution >= 4 is 21.7 Å². The van der Waals surface area contributed by atoms with Gasteiger partial charge >= 0.3 is 0 Å². The second-order valence-electron chi connectivity index (χ2n) is 3.67. The second-order valence-corrected chi connectivity index (χ2v) is 4.59. The second kappa shape index (κ2) is 3.66. The van der Waals surface area contributed by atoms with Crippen molar-refractivity contribution in [2.24, 2.45) is 5.92 Å². The molecule has 0 aromatic carbocycles. The van der Waals surface area contributed by atoms with E-state index in [9.17, 15) is 0 Å². The van der Waals surface area contributed by atoms with Gasteiger partial charge < -0.3 is 4.90 Å². The largest absolute Gasteiger partial charge is 0.356 e. The monoisotopic (exact) mass is 240 g/mol. The lowest BCUT2D eigenvalue weighted by molar-refractivity contribution is 0.659. The van der Waals surface area contributed by atoms with E-state index in [1.807, 2.05) is 12.3 Å². The number of aromatic nitrogens is 1. The topological polar surface area (TPSA) is 16.1 Å². The average Bonchev–Trinajstić information content (AvgIpc) is 2.53. The van der Waals surface area contributed by atoms with E-state index in [-0.39, 0.29) is 0 Å². The van der Waals surface area contributed by atoms with Crippen LogP contribution in [0, 0.1) is 5.92 Å². The lowest BCUT2D eigenvalue weighted by atomic mass is 10.2. The zero-order valence-corrected chi connectivity index (χ0v) is 9.29. The van der Waals surface area contributed by atoms with Crippen molar-refractivity contribution in [1.29, 1.82) is 0 Å². The molecule has 1 unspecified atom stereocenters. The molecule has 0 radical (unpaired) electrons. The molecule has 0 bridgehead atoms. The van der Waals surface area contributed by atoms with Crippen molar-refractivity contribution in [3.8, 4) is 0 Å². The molecule has 1 fully saturated rings. The van der Waals surface area contributed by atoms with Crippen LogP contribution in [0.4, 0.5) is 5.82 Å². The quantitative estimate of drug-likeness (QED) is 0.751. The molecule has 0 saturated carbocycles. The molecule has 13 heavy (non-hydrogen) atoms. The molecule has 1 aliphatic heterocycles. The van der Waals surface area contributed by atoms with Gasteiger partial charge in [-0.2, -0.15) is 0 Å². The van der Waals surface area contributed by atoms with Gasteiger partial charge in [0, 0.05) is 23.8 Å². The Morgan fingerprint density at radius 1 is 1.54 bits per heavy atom. The maximum atomic E-state index is 4.37. The van der Waals surface area contributed by atoms with E-state index >= 15 is 0 Å². The lowest BCUT2D eigenvalue weighted by Crippen LogP contribution is -2.19. The van der Waals surface area contributed by atoms with E-state index < -0.39 is 0 Å². The molecule has 1 aliphatic rings. The molecule has 1 saturated heterocycles. The van der Waals surface area contributed by atoms with Gasteiger partial charge in [-0.3, -0.25) is 0 Å². The zero-order chi connectivity index (χ0) is 9.26. The molecule has 0 spiro atoms. The molecule has 1 atom stereocenters. The predicted molar refractivity (Wildman–Crippen MR) is 57.9 cm³/mol. The van der Waals surface area contributed by atoms with Crippen LogP contribution in [-0.2, 0) is 0 Å². The highest BCUT2D eigenvalue weighted by Crippen LogP contribution is 2.22. The van der Waals surface area contributed by atoms with Crippen molar-refractivity contribution in [1.82, 2.24) is 4.98 Å². The molecular weight excluding hydrogens is 228 g/mol. The summed E-state index contributed by atoms with van der Waals surface area (Å²) >= 11 is 3.38. The van der Waals surface area contributed by atoms with Crippen LogP contribution in [0.1, 0.15) is 13.3 Å². The highest BCUT2D eigenvalue weighted by molar-refractivity contribution is 9.10. The summed E-state index contributed by atoms with van der Waals surface area (Å²) in [7, 11) is 0. The summed E-state index contributed by atoms with van der Waals surface area (Å²) in [5, 5.41) is 0. The summed E-state index contributed by atoms with van der Waals surface area (Å²) in [6, 6.07) is 4.12. The molecule has 1 aromatic rings. The van der Waals surface area contributed by atoms with Crippen LogP contribution < -0.4 is 4.90 Å². The van der Waals surface area contributed by atoms with Crippen molar-refractivity contribution in [2.75, 3.05) is 18.0 Å². The van der Waals surface area contributed by atoms with Gasteiger partial charge in [0.25, 0.3) is 0 Å². The summed E-state index contributed by atoms with van der Waals surface area (Å²) < 4.78 is 1.04. The zero-order valence-electron chi connectivity index (χ0n) is 7.70. The summed E-state index contributed by atoms with van der Waals surface area (Å²) in [5.41, 5.74) is 0. The van der Waals surface area contributed by atoms with Gasteiger partial charge in [-0.25, -0.2) is 4.98 Å². The number of anilines is 1. The standard InChI is InChI=1S/C10H13BrN2/c1-8-4-5-13(7-8)10-3-2-9(11)6-12-10/h2-3,6,8H,4-5,7H2,1H3. The Bertz CT molecular complexity index is 283. The normalized spacial score (nSPS) is 22.3. The average molecular weight is 241 g/mol. The molecule has 0 aliphatic carbocycles. The SMILES string of the molecule is CC1CCN(c2ccc(Br)cn2)C1. The van der Waals surface area contributed by atoms with Crippen LogP contribution in [0.3, 0.4) is 0 Å². The highest BCUT2D eigenvalue weighted by Gasteiger charge is 2.19. The minimum Gasteiger partial charge on any atom is -0.356 e. The summed E-state index contributed by atoms with van der Waals surface area (Å²) in [4.78, 5) is 6.72. The molecule has 2 rings (SSSR count). The number of halogens is 1. The minimum absolute atomic E-state index is 0.811. The van der Waals surface area contributed by atoms with E-state index in [0.717, 1.165) is 29.3 Å². The molecular formula is C10H13BrN2. The van der Waals surface area contributed by atoms with E-state index in [4.69, 9.17) is 0 Å². The molecule has 2 nitrogen and oxygen atoms in total. The summed E-state index contributed by atoms with van der Waals surface area (Å²) in [5.74, 6) is 1.91. The first-order valence-electron chi connectivity index (χ1n) is 4.62. The van der Waals surface area contributed by atoms with Gasteiger partial charge in [0.15, 0.2) is 0 Å². The fourth-order valence-electron chi connectivity index (χ4n) is 1.70. The van der Waals surface area contributed by atoms with Gasteiger partial charge in [0.1, 0.15) is 5.82 Å². The van der Waals surface area contributed by atoms with Crippen LogP contribution in [0.15, 0.2) is 22.8 Å². The van der Waals surface area contributed by atoms with E-state index in [1.165, 1.54) is 6.42 Å². The Morgan fingerprint density at radius 3 is 2.92 bits per heavy atom. The van der Waals surface area contributed by atoms with E-state index in [2.05, 4.69) is 38.8 Å². The third kappa shape index (κ3) is 2.02. The number of rotatable bonds is 1. The van der Waals surface area contributed by atoms with Crippen LogP contribution in [0.5, 0.6) is 0 Å². The fraction of sp³-hybridized carbons (Fsp3) is 0.500. The molecule has 1 aromatic heterocycles. The Labute approximate surface area is 87.1 Å². The van der Waals surface area contributed by atoms with Crippen molar-refractivity contribution in [2.45, 2.75) is 13.3 Å². The fourth-order valence-corrected chi connectivity index (χ4v) is 1.93. The molecule has 0 N–H and O–H groups in total. The van der Waals surface area contributed by atoms with Gasteiger partial charge in [0.05, 0.1) is 0 Å². The van der Waals surface area contributed by atoms with Crippen molar-refractivity contribution < 1.29 is 0 Å². The first kappa shape index (κ1) is 9.00. The summed E-state index contributed by atoms with van der Waals surface area (Å²) in [6.07, 6.45) is 3.15. The lowest BCUT2D eigenvalue weighted by Gasteiger charge is -2.16. The third-order valence-electron chi connectivity index (χ3n) is 2.46. The van der Waals surface area contributed by atoms with Crippen molar-refractivity contribution in [3.05, 3.63) is 22.8 Å². The molecule has 0 amide bonds. The Balaban J connectivity index is 2.13. The highest BCUT2D eigenvalue weighted by atomic mass is 79.9. The predicted octanol–water partition coefficient (Wildman–Crippen LogP) is 2.69. The Morgan fingerprint density at radius 2 is 2.38 bits per heavy atom. The van der Waals surface area contributed by atoms with Crippen LogP contribution in [-0.4, -0.2) is 18.1 Å². The molecule has 70 valence electrons. The van der Waals surface area contributed by atoms with Crippen LogP contribution >= 0.6 is 15.9 Å². The summed E-state index contributed by atoms with van der Waals surface area (Å²) in [6.45, 7) is 4.59. The maximum absolute atomic E-state index is 4.37. The molecule has 3 heteroatoms. The number of hydrogen-bond acceptors (Lipinski definition) is 2. The van der Waals surface area contributed by atoms with Gasteiger partial charge in [0.2, 0.25) is 0 Å². The van der Waals surface area contributed by atoms with E-state index in [1.54, 1.807) is 0 Å². The van der Waals surface area contributed by atoms with Gasteiger partial charge in [-0.05, 0) is 40.4 Å². The third-order valence-corrected chi connectivity index (χ3v) is 2.93. The smallest absolute Gasteiger partial charge is 0.128 e. The van der Waals surface area contributed by atoms with Gasteiger partial charge in [-0.15, -0.1) is 0 Å². The Hall–Kier alpha value is -0.570. The minimum atomic E-state index is 0.811. The first-order valence-corrected chi connectivity index (χ1v) is 5.41. The van der Waals surface area contributed by atoms with Crippen LogP contribution in [0.2, 0.25) is 0 Å². The molecule has 2 heterocycles. The van der Waals surface area contributed by atoms with Gasteiger partial charge in [-0.1, -0.05) is 6.92 Å². The van der Waals surface area contributed by atoms with Crippen molar-refractivity contribution in [3.63, 3.8) is 0 Å². The first-order chi connectivity index (χ1) is 6.25. The maximum Gasteiger partial charge on any atom is 0.128 e. The number of pyridine rings is 1. The Kier molecular flexibility index (Phi) is 2.54.